The Morgan fingerprint density at radius 2 is 2.04 bits per heavy atom. The molecule has 2 heterocycles. The number of carbonyl (C=O) groups excluding carboxylic acids is 1. The predicted molar refractivity (Wildman–Crippen MR) is 87.8 cm³/mol. The zero-order valence-electron chi connectivity index (χ0n) is 11.7. The number of nitrogens with two attached hydrogens (primary N) is 2. The summed E-state index contributed by atoms with van der Waals surface area (Å²) in [6, 6.07) is 7.39. The molecule has 0 radical (unpaired) electrons. The Bertz CT molecular complexity index is 909. The van der Waals surface area contributed by atoms with E-state index in [9.17, 15) is 9.18 Å². The second-order valence-corrected chi connectivity index (χ2v) is 5.61. The van der Waals surface area contributed by atoms with Gasteiger partial charge in [0.2, 0.25) is 5.95 Å². The summed E-state index contributed by atoms with van der Waals surface area (Å²) < 4.78 is 13.8. The van der Waals surface area contributed by atoms with Gasteiger partial charge in [-0.15, -0.1) is 0 Å². The van der Waals surface area contributed by atoms with E-state index in [0.29, 0.717) is 27.1 Å². The Labute approximate surface area is 138 Å². The third-order valence-corrected chi connectivity index (χ3v) is 3.89. The quantitative estimate of drug-likeness (QED) is 0.653. The van der Waals surface area contributed by atoms with E-state index >= 15 is 0 Å². The van der Waals surface area contributed by atoms with Gasteiger partial charge in [-0.3, -0.25) is 4.79 Å². The van der Waals surface area contributed by atoms with Gasteiger partial charge in [0.1, 0.15) is 5.82 Å². The molecule has 0 saturated carbocycles. The topological polar surface area (TPSA) is 111 Å². The molecule has 0 aliphatic heterocycles. The first-order valence-electron chi connectivity index (χ1n) is 6.53. The Kier molecular flexibility index (Phi) is 3.83. The maximum Gasteiger partial charge on any atom is 0.250 e. The molecule has 0 aliphatic rings. The van der Waals surface area contributed by atoms with Crippen LogP contribution in [0.5, 0.6) is 0 Å². The molecule has 8 heteroatoms. The minimum absolute atomic E-state index is 0.113. The lowest BCUT2D eigenvalue weighted by Gasteiger charge is -2.05. The number of amides is 1. The van der Waals surface area contributed by atoms with Crippen molar-refractivity contribution in [1.82, 2.24) is 15.0 Å². The van der Waals surface area contributed by atoms with Gasteiger partial charge in [0.05, 0.1) is 22.6 Å². The number of rotatable bonds is 3. The number of nitrogens with zero attached hydrogens (tertiary/aromatic N) is 2. The maximum absolute atomic E-state index is 13.3. The molecule has 0 spiro atoms. The zero-order valence-corrected chi connectivity index (χ0v) is 13.3. The van der Waals surface area contributed by atoms with Crippen LogP contribution in [-0.2, 0) is 0 Å². The molecule has 0 bridgehead atoms. The first-order chi connectivity index (χ1) is 11.0. The van der Waals surface area contributed by atoms with E-state index in [4.69, 9.17) is 11.5 Å². The molecule has 1 aromatic carbocycles. The molecule has 0 fully saturated rings. The largest absolute Gasteiger partial charge is 0.368 e. The number of nitrogens with one attached hydrogen (secondary N) is 1. The molecule has 0 aliphatic carbocycles. The van der Waals surface area contributed by atoms with E-state index in [-0.39, 0.29) is 11.5 Å². The molecule has 5 N–H and O–H groups in total. The second-order valence-electron chi connectivity index (χ2n) is 4.76. The molecule has 3 aromatic rings. The lowest BCUT2D eigenvalue weighted by atomic mass is 10.1. The highest BCUT2D eigenvalue weighted by Crippen LogP contribution is 2.33. The van der Waals surface area contributed by atoms with Gasteiger partial charge < -0.3 is 16.5 Å². The molecule has 23 heavy (non-hydrogen) atoms. The number of aromatic amines is 1. The SMILES string of the molecule is NC(=O)c1cc(-c2ccnc(N)n2)[nH]c1-c1ccc(F)cc1Br. The van der Waals surface area contributed by atoms with Crippen molar-refractivity contribution < 1.29 is 9.18 Å². The van der Waals surface area contributed by atoms with Gasteiger partial charge in [-0.2, -0.15) is 0 Å². The smallest absolute Gasteiger partial charge is 0.250 e. The van der Waals surface area contributed by atoms with Gasteiger partial charge >= 0.3 is 0 Å². The molecule has 3 rings (SSSR count). The van der Waals surface area contributed by atoms with E-state index in [1.54, 1.807) is 18.2 Å². The number of halogens is 2. The number of aromatic nitrogens is 3. The lowest BCUT2D eigenvalue weighted by Crippen LogP contribution is -2.11. The van der Waals surface area contributed by atoms with Gasteiger partial charge in [0.15, 0.2) is 0 Å². The van der Waals surface area contributed by atoms with Gasteiger partial charge in [0.25, 0.3) is 5.91 Å². The van der Waals surface area contributed by atoms with Crippen molar-refractivity contribution in [3.05, 3.63) is 52.4 Å². The molecule has 2 aromatic heterocycles. The van der Waals surface area contributed by atoms with Crippen LogP contribution in [0.2, 0.25) is 0 Å². The van der Waals surface area contributed by atoms with E-state index < -0.39 is 11.7 Å². The molecular weight excluding hydrogens is 365 g/mol. The van der Waals surface area contributed by atoms with Crippen LogP contribution >= 0.6 is 15.9 Å². The van der Waals surface area contributed by atoms with E-state index in [2.05, 4.69) is 30.9 Å². The normalized spacial score (nSPS) is 10.7. The highest BCUT2D eigenvalue weighted by atomic mass is 79.9. The van der Waals surface area contributed by atoms with E-state index in [1.807, 2.05) is 0 Å². The minimum Gasteiger partial charge on any atom is -0.368 e. The molecular formula is C15H11BrFN5O. The summed E-state index contributed by atoms with van der Waals surface area (Å²) in [5.41, 5.74) is 13.4. The second kappa shape index (κ2) is 5.81. The number of primary amides is 1. The fraction of sp³-hybridized carbons (Fsp3) is 0. The fourth-order valence-electron chi connectivity index (χ4n) is 2.22. The summed E-state index contributed by atoms with van der Waals surface area (Å²) in [5, 5.41) is 0. The molecule has 0 atom stereocenters. The number of nitrogen functional groups attached to an aromatic ring is 1. The molecule has 0 saturated heterocycles. The Morgan fingerprint density at radius 3 is 2.70 bits per heavy atom. The van der Waals surface area contributed by atoms with Crippen LogP contribution in [-0.4, -0.2) is 20.9 Å². The summed E-state index contributed by atoms with van der Waals surface area (Å²) in [6.45, 7) is 0. The van der Waals surface area contributed by atoms with Crippen molar-refractivity contribution in [3.8, 4) is 22.6 Å². The lowest BCUT2D eigenvalue weighted by molar-refractivity contribution is 0.100. The average molecular weight is 376 g/mol. The van der Waals surface area contributed by atoms with Gasteiger partial charge in [-0.05, 0) is 46.3 Å². The molecule has 0 unspecified atom stereocenters. The standard InChI is InChI=1S/C15H11BrFN5O/c16-10-5-7(17)1-2-8(10)13-9(14(18)23)6-12(21-13)11-3-4-20-15(19)22-11/h1-6,21H,(H2,18,23)(H2,19,20,22). The van der Waals surface area contributed by atoms with Crippen LogP contribution in [0.4, 0.5) is 10.3 Å². The van der Waals surface area contributed by atoms with Crippen molar-refractivity contribution in [2.24, 2.45) is 5.73 Å². The summed E-state index contributed by atoms with van der Waals surface area (Å²) in [5.74, 6) is -0.889. The highest BCUT2D eigenvalue weighted by Gasteiger charge is 2.18. The third-order valence-electron chi connectivity index (χ3n) is 3.23. The molecule has 6 nitrogen and oxygen atoms in total. The fourth-order valence-corrected chi connectivity index (χ4v) is 2.76. The Hall–Kier alpha value is -2.74. The number of hydrogen-bond acceptors (Lipinski definition) is 4. The number of carbonyl (C=O) groups is 1. The number of H-pyrrole nitrogens is 1. The number of anilines is 1. The highest BCUT2D eigenvalue weighted by molar-refractivity contribution is 9.10. The van der Waals surface area contributed by atoms with E-state index in [0.717, 1.165) is 0 Å². The van der Waals surface area contributed by atoms with Crippen molar-refractivity contribution in [2.45, 2.75) is 0 Å². The maximum atomic E-state index is 13.3. The Balaban J connectivity index is 2.19. The van der Waals surface area contributed by atoms with Crippen molar-refractivity contribution in [2.75, 3.05) is 5.73 Å². The van der Waals surface area contributed by atoms with Crippen molar-refractivity contribution in [3.63, 3.8) is 0 Å². The van der Waals surface area contributed by atoms with Crippen LogP contribution in [0.3, 0.4) is 0 Å². The van der Waals surface area contributed by atoms with Crippen molar-refractivity contribution in [1.29, 1.82) is 0 Å². The van der Waals surface area contributed by atoms with E-state index in [1.165, 1.54) is 18.3 Å². The summed E-state index contributed by atoms with van der Waals surface area (Å²) in [7, 11) is 0. The third kappa shape index (κ3) is 2.93. The van der Waals surface area contributed by atoms with Crippen LogP contribution in [0.1, 0.15) is 10.4 Å². The number of hydrogen-bond donors (Lipinski definition) is 3. The van der Waals surface area contributed by atoms with Gasteiger partial charge in [-0.25, -0.2) is 14.4 Å². The Morgan fingerprint density at radius 1 is 1.26 bits per heavy atom. The van der Waals surface area contributed by atoms with Crippen LogP contribution in [0.25, 0.3) is 22.6 Å². The van der Waals surface area contributed by atoms with Crippen LogP contribution in [0, 0.1) is 5.82 Å². The molecule has 1 amide bonds. The van der Waals surface area contributed by atoms with Crippen LogP contribution < -0.4 is 11.5 Å². The zero-order chi connectivity index (χ0) is 16.6. The van der Waals surface area contributed by atoms with Gasteiger partial charge in [0, 0.05) is 16.2 Å². The van der Waals surface area contributed by atoms with Crippen molar-refractivity contribution >= 4 is 27.8 Å². The molecule has 116 valence electrons. The van der Waals surface area contributed by atoms with Gasteiger partial charge in [-0.1, -0.05) is 0 Å². The summed E-state index contributed by atoms with van der Waals surface area (Å²) in [4.78, 5) is 22.7. The first kappa shape index (κ1) is 15.2. The monoisotopic (exact) mass is 375 g/mol. The summed E-state index contributed by atoms with van der Waals surface area (Å²) in [6.07, 6.45) is 1.51. The minimum atomic E-state index is -0.610. The van der Waals surface area contributed by atoms with Crippen LogP contribution in [0.15, 0.2) is 41.0 Å². The number of benzene rings is 1. The summed E-state index contributed by atoms with van der Waals surface area (Å²) >= 11 is 3.29. The predicted octanol–water partition coefficient (Wildman–Crippen LogP) is 2.72. The first-order valence-corrected chi connectivity index (χ1v) is 7.32. The average Bonchev–Trinajstić information content (AvgIpc) is 2.92.